The molecule has 1 atom stereocenters. The van der Waals surface area contributed by atoms with Crippen molar-refractivity contribution in [2.45, 2.75) is 33.8 Å². The van der Waals surface area contributed by atoms with Crippen molar-refractivity contribution in [2.24, 2.45) is 0 Å². The van der Waals surface area contributed by atoms with Gasteiger partial charge in [-0.05, 0) is 33.3 Å². The summed E-state index contributed by atoms with van der Waals surface area (Å²) >= 11 is 0. The SMILES string of the molecule is CCOC(=O)N1CCN(C(=O)COC(=O)c2[nH]c(C)c([C@@H](C)O)c2C)CC1. The largest absolute Gasteiger partial charge is 0.451 e. The van der Waals surface area contributed by atoms with E-state index in [2.05, 4.69) is 4.98 Å². The number of hydrogen-bond donors (Lipinski definition) is 2. The molecule has 2 amide bonds. The molecule has 2 N–H and O–H groups in total. The molecule has 1 aliphatic rings. The molecule has 150 valence electrons. The van der Waals surface area contributed by atoms with E-state index in [0.29, 0.717) is 49.6 Å². The summed E-state index contributed by atoms with van der Waals surface area (Å²) in [5, 5.41) is 9.79. The molecule has 0 bridgehead atoms. The van der Waals surface area contributed by atoms with Gasteiger partial charge in [-0.1, -0.05) is 0 Å². The Morgan fingerprint density at radius 3 is 2.22 bits per heavy atom. The zero-order valence-corrected chi connectivity index (χ0v) is 16.2. The number of aromatic nitrogens is 1. The highest BCUT2D eigenvalue weighted by molar-refractivity contribution is 5.91. The number of carbonyl (C=O) groups excluding carboxylic acids is 3. The third-order valence-electron chi connectivity index (χ3n) is 4.60. The average Bonchev–Trinajstić information content (AvgIpc) is 2.94. The number of piperazine rings is 1. The first kappa shape index (κ1) is 20.8. The molecule has 27 heavy (non-hydrogen) atoms. The number of amides is 2. The lowest BCUT2D eigenvalue weighted by molar-refractivity contribution is -0.136. The van der Waals surface area contributed by atoms with Crippen molar-refractivity contribution in [1.82, 2.24) is 14.8 Å². The molecule has 1 aromatic heterocycles. The van der Waals surface area contributed by atoms with Gasteiger partial charge >= 0.3 is 12.1 Å². The minimum atomic E-state index is -0.708. The molecule has 0 radical (unpaired) electrons. The summed E-state index contributed by atoms with van der Waals surface area (Å²) in [6.45, 7) is 8.27. The van der Waals surface area contributed by atoms with Crippen molar-refractivity contribution >= 4 is 18.0 Å². The van der Waals surface area contributed by atoms with E-state index in [1.165, 1.54) is 0 Å². The van der Waals surface area contributed by atoms with Gasteiger partial charge < -0.3 is 29.4 Å². The van der Waals surface area contributed by atoms with E-state index in [1.807, 2.05) is 0 Å². The van der Waals surface area contributed by atoms with Crippen molar-refractivity contribution in [3.63, 3.8) is 0 Å². The van der Waals surface area contributed by atoms with Gasteiger partial charge in [0, 0.05) is 37.4 Å². The summed E-state index contributed by atoms with van der Waals surface area (Å²) in [7, 11) is 0. The zero-order chi connectivity index (χ0) is 20.1. The maximum absolute atomic E-state index is 12.3. The summed E-state index contributed by atoms with van der Waals surface area (Å²) in [5.74, 6) is -0.954. The molecule has 1 aliphatic heterocycles. The molecular formula is C18H27N3O6. The smallest absolute Gasteiger partial charge is 0.409 e. The molecule has 0 aliphatic carbocycles. The van der Waals surface area contributed by atoms with Crippen LogP contribution >= 0.6 is 0 Å². The molecule has 1 aromatic rings. The Morgan fingerprint density at radius 2 is 1.70 bits per heavy atom. The first-order chi connectivity index (χ1) is 12.8. The molecule has 2 heterocycles. The number of carbonyl (C=O) groups is 3. The fourth-order valence-corrected chi connectivity index (χ4v) is 3.24. The van der Waals surface area contributed by atoms with Crippen molar-refractivity contribution in [2.75, 3.05) is 39.4 Å². The molecule has 1 saturated heterocycles. The molecule has 0 unspecified atom stereocenters. The Labute approximate surface area is 158 Å². The second kappa shape index (κ2) is 8.90. The van der Waals surface area contributed by atoms with Gasteiger partial charge in [-0.15, -0.1) is 0 Å². The number of aromatic amines is 1. The van der Waals surface area contributed by atoms with E-state index >= 15 is 0 Å². The van der Waals surface area contributed by atoms with Gasteiger partial charge in [-0.2, -0.15) is 0 Å². The van der Waals surface area contributed by atoms with Crippen molar-refractivity contribution in [1.29, 1.82) is 0 Å². The van der Waals surface area contributed by atoms with Crippen LogP contribution in [0.4, 0.5) is 4.79 Å². The van der Waals surface area contributed by atoms with Crippen molar-refractivity contribution < 1.29 is 29.0 Å². The second-order valence-corrected chi connectivity index (χ2v) is 6.48. The van der Waals surface area contributed by atoms with E-state index in [1.54, 1.807) is 37.5 Å². The van der Waals surface area contributed by atoms with Crippen LogP contribution in [-0.4, -0.2) is 77.3 Å². The summed E-state index contributed by atoms with van der Waals surface area (Å²) in [4.78, 5) is 42.2. The molecule has 0 saturated carbocycles. The number of nitrogens with zero attached hydrogens (tertiary/aromatic N) is 2. The van der Waals surface area contributed by atoms with Gasteiger partial charge in [0.05, 0.1) is 12.7 Å². The minimum absolute atomic E-state index is 0.239. The molecule has 0 aromatic carbocycles. The minimum Gasteiger partial charge on any atom is -0.451 e. The van der Waals surface area contributed by atoms with Gasteiger partial charge in [0.2, 0.25) is 0 Å². The number of aryl methyl sites for hydroxylation is 1. The van der Waals surface area contributed by atoms with Gasteiger partial charge in [0.25, 0.3) is 5.91 Å². The number of H-pyrrole nitrogens is 1. The number of nitrogens with one attached hydrogen (secondary N) is 1. The normalized spacial score (nSPS) is 15.4. The van der Waals surface area contributed by atoms with E-state index in [9.17, 15) is 19.5 Å². The Hall–Kier alpha value is -2.55. The number of ether oxygens (including phenoxy) is 2. The van der Waals surface area contributed by atoms with Crippen LogP contribution < -0.4 is 0 Å². The van der Waals surface area contributed by atoms with Crippen LogP contribution in [0.15, 0.2) is 0 Å². The monoisotopic (exact) mass is 381 g/mol. The molecule has 9 nitrogen and oxygen atoms in total. The van der Waals surface area contributed by atoms with Crippen LogP contribution in [0.3, 0.4) is 0 Å². The maximum atomic E-state index is 12.3. The lowest BCUT2D eigenvalue weighted by Gasteiger charge is -2.33. The van der Waals surface area contributed by atoms with Crippen LogP contribution in [0, 0.1) is 13.8 Å². The van der Waals surface area contributed by atoms with Crippen molar-refractivity contribution in [3.05, 3.63) is 22.5 Å². The van der Waals surface area contributed by atoms with Crippen LogP contribution in [0.1, 0.15) is 47.3 Å². The first-order valence-corrected chi connectivity index (χ1v) is 8.99. The van der Waals surface area contributed by atoms with E-state index in [-0.39, 0.29) is 24.3 Å². The Balaban J connectivity index is 1.87. The second-order valence-electron chi connectivity index (χ2n) is 6.48. The van der Waals surface area contributed by atoms with Crippen LogP contribution in [-0.2, 0) is 14.3 Å². The summed E-state index contributed by atoms with van der Waals surface area (Å²) in [6.07, 6.45) is -1.09. The highest BCUT2D eigenvalue weighted by Gasteiger charge is 2.26. The third-order valence-corrected chi connectivity index (χ3v) is 4.60. The standard InChI is InChI=1S/C18H27N3O6/c1-5-26-18(25)21-8-6-20(7-9-21)14(23)10-27-17(24)16-11(2)15(13(4)22)12(3)19-16/h13,19,22H,5-10H2,1-4H3/t13-/m1/s1. The highest BCUT2D eigenvalue weighted by Crippen LogP contribution is 2.24. The van der Waals surface area contributed by atoms with Gasteiger partial charge in [0.15, 0.2) is 6.61 Å². The molecule has 2 rings (SSSR count). The van der Waals surface area contributed by atoms with E-state index in [4.69, 9.17) is 9.47 Å². The molecule has 9 heteroatoms. The predicted molar refractivity (Wildman–Crippen MR) is 96.4 cm³/mol. The fraction of sp³-hybridized carbons (Fsp3) is 0.611. The average molecular weight is 381 g/mol. The Kier molecular flexibility index (Phi) is 6.84. The quantitative estimate of drug-likeness (QED) is 0.740. The lowest BCUT2D eigenvalue weighted by Crippen LogP contribution is -2.51. The number of rotatable bonds is 5. The predicted octanol–water partition coefficient (Wildman–Crippen LogP) is 1.14. The lowest BCUT2D eigenvalue weighted by atomic mass is 10.1. The van der Waals surface area contributed by atoms with Crippen LogP contribution in [0.25, 0.3) is 0 Å². The first-order valence-electron chi connectivity index (χ1n) is 8.99. The summed E-state index contributed by atoms with van der Waals surface area (Å²) in [6, 6.07) is 0. The topological polar surface area (TPSA) is 112 Å². The van der Waals surface area contributed by atoms with Crippen molar-refractivity contribution in [3.8, 4) is 0 Å². The van der Waals surface area contributed by atoms with Gasteiger partial charge in [0.1, 0.15) is 5.69 Å². The van der Waals surface area contributed by atoms with Gasteiger partial charge in [-0.25, -0.2) is 9.59 Å². The maximum Gasteiger partial charge on any atom is 0.409 e. The molecule has 1 fully saturated rings. The zero-order valence-electron chi connectivity index (χ0n) is 16.2. The fourth-order valence-electron chi connectivity index (χ4n) is 3.24. The van der Waals surface area contributed by atoms with Crippen LogP contribution in [0.2, 0.25) is 0 Å². The molecular weight excluding hydrogens is 354 g/mol. The van der Waals surface area contributed by atoms with E-state index < -0.39 is 12.1 Å². The number of esters is 1. The summed E-state index contributed by atoms with van der Waals surface area (Å²) in [5.41, 5.74) is 2.20. The highest BCUT2D eigenvalue weighted by atomic mass is 16.6. The number of aliphatic hydroxyl groups is 1. The summed E-state index contributed by atoms with van der Waals surface area (Å²) < 4.78 is 10.1. The Morgan fingerprint density at radius 1 is 1.11 bits per heavy atom. The molecule has 0 spiro atoms. The van der Waals surface area contributed by atoms with Gasteiger partial charge in [-0.3, -0.25) is 4.79 Å². The van der Waals surface area contributed by atoms with E-state index in [0.717, 1.165) is 0 Å². The Bertz CT molecular complexity index is 704. The van der Waals surface area contributed by atoms with Crippen LogP contribution in [0.5, 0.6) is 0 Å². The number of hydrogen-bond acceptors (Lipinski definition) is 6. The third kappa shape index (κ3) is 4.79. The number of aliphatic hydroxyl groups excluding tert-OH is 1.